The molecular weight excluding hydrogens is 194 g/mol. The summed E-state index contributed by atoms with van der Waals surface area (Å²) in [4.78, 5) is 0. The highest BCUT2D eigenvalue weighted by Crippen LogP contribution is 2.11. The van der Waals surface area contributed by atoms with Crippen LogP contribution in [-0.2, 0) is 6.42 Å². The van der Waals surface area contributed by atoms with Crippen molar-refractivity contribution in [3.63, 3.8) is 0 Å². The topological polar surface area (TPSA) is 12.0 Å². The Morgan fingerprint density at radius 3 is 2.50 bits per heavy atom. The first-order valence-corrected chi connectivity index (χ1v) is 6.36. The molecule has 90 valence electrons. The van der Waals surface area contributed by atoms with Gasteiger partial charge in [0.25, 0.3) is 0 Å². The Bertz CT molecular complexity index is 315. The average Bonchev–Trinajstić information content (AvgIpc) is 2.22. The van der Waals surface area contributed by atoms with E-state index in [1.54, 1.807) is 0 Å². The molecule has 1 aromatic carbocycles. The summed E-state index contributed by atoms with van der Waals surface area (Å²) in [5.74, 6) is 0.751. The smallest absolute Gasteiger partial charge is 0.00258 e. The molecule has 0 aliphatic carbocycles. The van der Waals surface area contributed by atoms with E-state index in [1.165, 1.54) is 29.5 Å². The van der Waals surface area contributed by atoms with Crippen LogP contribution in [0.3, 0.4) is 0 Å². The fourth-order valence-corrected chi connectivity index (χ4v) is 1.77. The van der Waals surface area contributed by atoms with Crippen LogP contribution in [0, 0.1) is 19.8 Å². The van der Waals surface area contributed by atoms with Crippen LogP contribution in [-0.4, -0.2) is 13.1 Å². The average molecular weight is 219 g/mol. The van der Waals surface area contributed by atoms with Crippen molar-refractivity contribution in [1.29, 1.82) is 0 Å². The molecule has 0 heterocycles. The number of rotatable bonds is 6. The van der Waals surface area contributed by atoms with Crippen molar-refractivity contribution in [2.24, 2.45) is 5.92 Å². The standard InChI is InChI=1S/C15H25N/c1-12(2)11-16-9-5-6-15-8-7-13(3)14(4)10-15/h7-8,10,12,16H,5-6,9,11H2,1-4H3. The van der Waals surface area contributed by atoms with Gasteiger partial charge in [0.15, 0.2) is 0 Å². The lowest BCUT2D eigenvalue weighted by Crippen LogP contribution is -2.21. The molecule has 0 aliphatic rings. The van der Waals surface area contributed by atoms with Crippen LogP contribution in [0.25, 0.3) is 0 Å². The minimum Gasteiger partial charge on any atom is -0.316 e. The maximum Gasteiger partial charge on any atom is -0.00258 e. The summed E-state index contributed by atoms with van der Waals surface area (Å²) in [5, 5.41) is 3.48. The van der Waals surface area contributed by atoms with Crippen LogP contribution in [0.5, 0.6) is 0 Å². The lowest BCUT2D eigenvalue weighted by Gasteiger charge is -2.08. The highest BCUT2D eigenvalue weighted by atomic mass is 14.8. The van der Waals surface area contributed by atoms with Gasteiger partial charge in [0.2, 0.25) is 0 Å². The molecule has 1 aromatic rings. The number of benzene rings is 1. The van der Waals surface area contributed by atoms with Crippen LogP contribution in [0.2, 0.25) is 0 Å². The highest BCUT2D eigenvalue weighted by molar-refractivity contribution is 5.29. The first-order chi connectivity index (χ1) is 7.59. The SMILES string of the molecule is Cc1ccc(CCCNCC(C)C)cc1C. The third kappa shape index (κ3) is 4.80. The van der Waals surface area contributed by atoms with Crippen molar-refractivity contribution in [2.75, 3.05) is 13.1 Å². The van der Waals surface area contributed by atoms with Gasteiger partial charge in [0, 0.05) is 0 Å². The Kier molecular flexibility index (Phi) is 5.54. The van der Waals surface area contributed by atoms with Gasteiger partial charge in [-0.2, -0.15) is 0 Å². The summed E-state index contributed by atoms with van der Waals surface area (Å²) in [5.41, 5.74) is 4.27. The van der Waals surface area contributed by atoms with E-state index >= 15 is 0 Å². The number of aryl methyl sites for hydroxylation is 3. The lowest BCUT2D eigenvalue weighted by molar-refractivity contribution is 0.543. The first-order valence-electron chi connectivity index (χ1n) is 6.36. The number of nitrogens with one attached hydrogen (secondary N) is 1. The zero-order valence-electron chi connectivity index (χ0n) is 11.1. The molecule has 0 saturated carbocycles. The first kappa shape index (κ1) is 13.2. The Labute approximate surface area is 100 Å². The van der Waals surface area contributed by atoms with Crippen LogP contribution in [0.15, 0.2) is 18.2 Å². The fourth-order valence-electron chi connectivity index (χ4n) is 1.77. The molecule has 16 heavy (non-hydrogen) atoms. The van der Waals surface area contributed by atoms with Gasteiger partial charge in [-0.15, -0.1) is 0 Å². The van der Waals surface area contributed by atoms with Crippen molar-refractivity contribution in [1.82, 2.24) is 5.32 Å². The van der Waals surface area contributed by atoms with E-state index in [2.05, 4.69) is 51.2 Å². The van der Waals surface area contributed by atoms with Crippen molar-refractivity contribution < 1.29 is 0 Å². The Morgan fingerprint density at radius 1 is 1.12 bits per heavy atom. The molecule has 1 nitrogen and oxygen atoms in total. The van der Waals surface area contributed by atoms with Gasteiger partial charge in [0.05, 0.1) is 0 Å². The second-order valence-corrected chi connectivity index (χ2v) is 5.12. The molecule has 1 heteroatoms. The van der Waals surface area contributed by atoms with Gasteiger partial charge < -0.3 is 5.32 Å². The predicted molar refractivity (Wildman–Crippen MR) is 71.9 cm³/mol. The maximum atomic E-state index is 3.48. The van der Waals surface area contributed by atoms with Gasteiger partial charge in [-0.1, -0.05) is 32.0 Å². The predicted octanol–water partition coefficient (Wildman–Crippen LogP) is 3.48. The van der Waals surface area contributed by atoms with E-state index in [-0.39, 0.29) is 0 Å². The molecule has 0 fully saturated rings. The normalized spacial score (nSPS) is 11.1. The molecular formula is C15H25N. The van der Waals surface area contributed by atoms with Crippen LogP contribution >= 0.6 is 0 Å². The van der Waals surface area contributed by atoms with Gasteiger partial charge in [-0.25, -0.2) is 0 Å². The minimum atomic E-state index is 0.751. The van der Waals surface area contributed by atoms with Crippen molar-refractivity contribution in [2.45, 2.75) is 40.5 Å². The van der Waals surface area contributed by atoms with Gasteiger partial charge in [0.1, 0.15) is 0 Å². The largest absolute Gasteiger partial charge is 0.316 e. The zero-order chi connectivity index (χ0) is 12.0. The Balaban J connectivity index is 2.24. The van der Waals surface area contributed by atoms with Gasteiger partial charge in [-0.05, 0) is 62.4 Å². The van der Waals surface area contributed by atoms with Crippen LogP contribution in [0.4, 0.5) is 0 Å². The third-order valence-electron chi connectivity index (χ3n) is 2.94. The molecule has 0 aromatic heterocycles. The summed E-state index contributed by atoms with van der Waals surface area (Å²) >= 11 is 0. The van der Waals surface area contributed by atoms with E-state index in [0.29, 0.717) is 0 Å². The van der Waals surface area contributed by atoms with Gasteiger partial charge in [-0.3, -0.25) is 0 Å². The maximum absolute atomic E-state index is 3.48. The Morgan fingerprint density at radius 2 is 1.88 bits per heavy atom. The summed E-state index contributed by atoms with van der Waals surface area (Å²) in [7, 11) is 0. The summed E-state index contributed by atoms with van der Waals surface area (Å²) in [6.45, 7) is 11.1. The highest BCUT2D eigenvalue weighted by Gasteiger charge is 1.97. The quantitative estimate of drug-likeness (QED) is 0.722. The molecule has 0 amide bonds. The monoisotopic (exact) mass is 219 g/mol. The molecule has 0 unspecified atom stereocenters. The van der Waals surface area contributed by atoms with Crippen LogP contribution < -0.4 is 5.32 Å². The van der Waals surface area contributed by atoms with E-state index < -0.39 is 0 Å². The van der Waals surface area contributed by atoms with E-state index in [0.717, 1.165) is 19.0 Å². The molecule has 0 saturated heterocycles. The van der Waals surface area contributed by atoms with E-state index in [4.69, 9.17) is 0 Å². The van der Waals surface area contributed by atoms with Crippen molar-refractivity contribution >= 4 is 0 Å². The minimum absolute atomic E-state index is 0.751. The second-order valence-electron chi connectivity index (χ2n) is 5.12. The molecule has 1 rings (SSSR count). The second kappa shape index (κ2) is 6.70. The lowest BCUT2D eigenvalue weighted by atomic mass is 10.0. The molecule has 0 bridgehead atoms. The van der Waals surface area contributed by atoms with Crippen molar-refractivity contribution in [3.05, 3.63) is 34.9 Å². The summed E-state index contributed by atoms with van der Waals surface area (Å²) in [6.07, 6.45) is 2.42. The molecule has 0 atom stereocenters. The molecule has 0 spiro atoms. The van der Waals surface area contributed by atoms with E-state index in [9.17, 15) is 0 Å². The van der Waals surface area contributed by atoms with Gasteiger partial charge >= 0.3 is 0 Å². The fraction of sp³-hybridized carbons (Fsp3) is 0.600. The van der Waals surface area contributed by atoms with Crippen molar-refractivity contribution in [3.8, 4) is 0 Å². The summed E-state index contributed by atoms with van der Waals surface area (Å²) in [6, 6.07) is 6.80. The number of hydrogen-bond donors (Lipinski definition) is 1. The Hall–Kier alpha value is -0.820. The summed E-state index contributed by atoms with van der Waals surface area (Å²) < 4.78 is 0. The molecule has 0 aliphatic heterocycles. The zero-order valence-corrected chi connectivity index (χ0v) is 11.1. The van der Waals surface area contributed by atoms with Crippen LogP contribution in [0.1, 0.15) is 37.0 Å². The number of hydrogen-bond acceptors (Lipinski definition) is 1. The third-order valence-corrected chi connectivity index (χ3v) is 2.94. The molecule has 0 radical (unpaired) electrons. The molecule has 1 N–H and O–H groups in total. The van der Waals surface area contributed by atoms with E-state index in [1.807, 2.05) is 0 Å².